The third-order valence-electron chi connectivity index (χ3n) is 3.34. The molecule has 0 aromatic heterocycles. The van der Waals surface area contributed by atoms with Gasteiger partial charge in [-0.25, -0.2) is 0 Å². The smallest absolute Gasteiger partial charge is 0.0208 e. The van der Waals surface area contributed by atoms with Gasteiger partial charge >= 0.3 is 0 Å². The highest BCUT2D eigenvalue weighted by molar-refractivity contribution is 5.30. The third kappa shape index (κ3) is 4.88. The van der Waals surface area contributed by atoms with E-state index in [1.54, 1.807) is 0 Å². The standard InChI is InChI=1S/C15H26N2/c1-12-5-6-14(13(2)9-12)10-17-8-7-15(3,4)11-16/h5-6,9,17H,7-8,10-11,16H2,1-4H3. The van der Waals surface area contributed by atoms with Crippen LogP contribution in [0, 0.1) is 19.3 Å². The molecular formula is C15H26N2. The largest absolute Gasteiger partial charge is 0.330 e. The number of hydrogen-bond donors (Lipinski definition) is 2. The van der Waals surface area contributed by atoms with Crippen molar-refractivity contribution in [1.29, 1.82) is 0 Å². The highest BCUT2D eigenvalue weighted by Crippen LogP contribution is 2.17. The fourth-order valence-electron chi connectivity index (χ4n) is 1.80. The molecule has 0 radical (unpaired) electrons. The van der Waals surface area contributed by atoms with Gasteiger partial charge in [0.2, 0.25) is 0 Å². The second-order valence-electron chi connectivity index (χ2n) is 5.73. The minimum atomic E-state index is 0.245. The van der Waals surface area contributed by atoms with Gasteiger partial charge in [0.15, 0.2) is 0 Å². The minimum Gasteiger partial charge on any atom is -0.330 e. The summed E-state index contributed by atoms with van der Waals surface area (Å²) in [5.74, 6) is 0. The van der Waals surface area contributed by atoms with Crippen molar-refractivity contribution in [3.8, 4) is 0 Å². The van der Waals surface area contributed by atoms with Crippen LogP contribution in [0.3, 0.4) is 0 Å². The van der Waals surface area contributed by atoms with Crippen molar-refractivity contribution in [2.24, 2.45) is 11.1 Å². The van der Waals surface area contributed by atoms with Crippen molar-refractivity contribution in [1.82, 2.24) is 5.32 Å². The van der Waals surface area contributed by atoms with Gasteiger partial charge in [-0.05, 0) is 49.9 Å². The lowest BCUT2D eigenvalue weighted by atomic mass is 9.90. The van der Waals surface area contributed by atoms with Crippen LogP contribution in [-0.2, 0) is 6.54 Å². The molecule has 0 spiro atoms. The molecule has 0 aliphatic rings. The second kappa shape index (κ2) is 6.18. The van der Waals surface area contributed by atoms with Gasteiger partial charge in [0, 0.05) is 6.54 Å². The lowest BCUT2D eigenvalue weighted by Gasteiger charge is -2.22. The predicted octanol–water partition coefficient (Wildman–Crippen LogP) is 2.77. The van der Waals surface area contributed by atoms with Gasteiger partial charge in [-0.3, -0.25) is 0 Å². The summed E-state index contributed by atoms with van der Waals surface area (Å²) < 4.78 is 0. The molecule has 0 unspecified atom stereocenters. The second-order valence-corrected chi connectivity index (χ2v) is 5.73. The number of benzene rings is 1. The van der Waals surface area contributed by atoms with E-state index in [2.05, 4.69) is 51.2 Å². The molecule has 0 aliphatic heterocycles. The van der Waals surface area contributed by atoms with Crippen LogP contribution >= 0.6 is 0 Å². The van der Waals surface area contributed by atoms with Gasteiger partial charge in [0.05, 0.1) is 0 Å². The molecule has 0 saturated heterocycles. The highest BCUT2D eigenvalue weighted by Gasteiger charge is 2.14. The summed E-state index contributed by atoms with van der Waals surface area (Å²) in [7, 11) is 0. The van der Waals surface area contributed by atoms with Gasteiger partial charge in [0.25, 0.3) is 0 Å². The molecule has 1 aromatic rings. The fourth-order valence-corrected chi connectivity index (χ4v) is 1.80. The molecule has 0 saturated carbocycles. The van der Waals surface area contributed by atoms with Crippen LogP contribution in [0.15, 0.2) is 18.2 Å². The fraction of sp³-hybridized carbons (Fsp3) is 0.600. The molecule has 0 fully saturated rings. The Bertz CT molecular complexity index is 356. The Morgan fingerprint density at radius 1 is 1.24 bits per heavy atom. The normalized spacial score (nSPS) is 11.8. The summed E-state index contributed by atoms with van der Waals surface area (Å²) in [6.45, 7) is 11.5. The Balaban J connectivity index is 2.36. The Kier molecular flexibility index (Phi) is 5.16. The topological polar surface area (TPSA) is 38.0 Å². The van der Waals surface area contributed by atoms with Gasteiger partial charge < -0.3 is 11.1 Å². The summed E-state index contributed by atoms with van der Waals surface area (Å²) in [5, 5.41) is 3.50. The Morgan fingerprint density at radius 2 is 1.94 bits per heavy atom. The first kappa shape index (κ1) is 14.2. The Morgan fingerprint density at radius 3 is 2.53 bits per heavy atom. The number of rotatable bonds is 6. The van der Waals surface area contributed by atoms with Crippen LogP contribution in [0.25, 0.3) is 0 Å². The molecule has 0 aliphatic carbocycles. The van der Waals surface area contributed by atoms with Crippen LogP contribution in [0.4, 0.5) is 0 Å². The maximum atomic E-state index is 5.71. The number of nitrogens with two attached hydrogens (primary N) is 1. The molecule has 2 nitrogen and oxygen atoms in total. The van der Waals surface area contributed by atoms with E-state index in [1.807, 2.05) is 0 Å². The van der Waals surface area contributed by atoms with Crippen LogP contribution in [0.1, 0.15) is 37.0 Å². The molecule has 3 N–H and O–H groups in total. The van der Waals surface area contributed by atoms with Gasteiger partial charge in [-0.15, -0.1) is 0 Å². The molecule has 0 bridgehead atoms. The zero-order chi connectivity index (χ0) is 12.9. The Hall–Kier alpha value is -0.860. The van der Waals surface area contributed by atoms with Gasteiger partial charge in [-0.1, -0.05) is 37.6 Å². The number of aryl methyl sites for hydroxylation is 2. The van der Waals surface area contributed by atoms with E-state index in [1.165, 1.54) is 16.7 Å². The van der Waals surface area contributed by atoms with Gasteiger partial charge in [0.1, 0.15) is 0 Å². The molecule has 1 rings (SSSR count). The van der Waals surface area contributed by atoms with E-state index in [-0.39, 0.29) is 5.41 Å². The summed E-state index contributed by atoms with van der Waals surface area (Å²) in [4.78, 5) is 0. The summed E-state index contributed by atoms with van der Waals surface area (Å²) >= 11 is 0. The first-order chi connectivity index (χ1) is 7.94. The van der Waals surface area contributed by atoms with E-state index in [0.717, 1.165) is 26.1 Å². The van der Waals surface area contributed by atoms with Crippen molar-refractivity contribution in [2.45, 2.75) is 40.7 Å². The zero-order valence-corrected chi connectivity index (χ0v) is 11.6. The van der Waals surface area contributed by atoms with E-state index in [4.69, 9.17) is 5.73 Å². The maximum Gasteiger partial charge on any atom is 0.0208 e. The molecule has 0 amide bonds. The van der Waals surface area contributed by atoms with Crippen molar-refractivity contribution < 1.29 is 0 Å². The number of hydrogen-bond acceptors (Lipinski definition) is 2. The summed E-state index contributed by atoms with van der Waals surface area (Å²) in [6, 6.07) is 6.63. The van der Waals surface area contributed by atoms with Crippen LogP contribution < -0.4 is 11.1 Å². The molecule has 96 valence electrons. The minimum absolute atomic E-state index is 0.245. The Labute approximate surface area is 106 Å². The monoisotopic (exact) mass is 234 g/mol. The average molecular weight is 234 g/mol. The lowest BCUT2D eigenvalue weighted by molar-refractivity contribution is 0.339. The highest BCUT2D eigenvalue weighted by atomic mass is 14.8. The van der Waals surface area contributed by atoms with Crippen LogP contribution in [-0.4, -0.2) is 13.1 Å². The molecule has 17 heavy (non-hydrogen) atoms. The summed E-state index contributed by atoms with van der Waals surface area (Å²) in [5.41, 5.74) is 10.0. The third-order valence-corrected chi connectivity index (χ3v) is 3.34. The summed E-state index contributed by atoms with van der Waals surface area (Å²) in [6.07, 6.45) is 1.12. The molecule has 0 atom stereocenters. The van der Waals surface area contributed by atoms with E-state index in [9.17, 15) is 0 Å². The maximum absolute atomic E-state index is 5.71. The van der Waals surface area contributed by atoms with Crippen molar-refractivity contribution in [3.63, 3.8) is 0 Å². The van der Waals surface area contributed by atoms with Crippen LogP contribution in [0.2, 0.25) is 0 Å². The molecule has 2 heteroatoms. The first-order valence-electron chi connectivity index (χ1n) is 6.41. The molecular weight excluding hydrogens is 208 g/mol. The van der Waals surface area contributed by atoms with Crippen molar-refractivity contribution >= 4 is 0 Å². The zero-order valence-electron chi connectivity index (χ0n) is 11.6. The van der Waals surface area contributed by atoms with E-state index < -0.39 is 0 Å². The average Bonchev–Trinajstić information content (AvgIpc) is 2.27. The first-order valence-corrected chi connectivity index (χ1v) is 6.41. The lowest BCUT2D eigenvalue weighted by Crippen LogP contribution is -2.28. The SMILES string of the molecule is Cc1ccc(CNCCC(C)(C)CN)c(C)c1. The predicted molar refractivity (Wildman–Crippen MR) is 75.1 cm³/mol. The van der Waals surface area contributed by atoms with E-state index in [0.29, 0.717) is 0 Å². The van der Waals surface area contributed by atoms with Gasteiger partial charge in [-0.2, -0.15) is 0 Å². The van der Waals surface area contributed by atoms with Crippen molar-refractivity contribution in [2.75, 3.05) is 13.1 Å². The number of nitrogens with one attached hydrogen (secondary N) is 1. The molecule has 0 heterocycles. The quantitative estimate of drug-likeness (QED) is 0.743. The van der Waals surface area contributed by atoms with Crippen molar-refractivity contribution in [3.05, 3.63) is 34.9 Å². The molecule has 1 aromatic carbocycles. The van der Waals surface area contributed by atoms with Crippen LogP contribution in [0.5, 0.6) is 0 Å². The van der Waals surface area contributed by atoms with E-state index >= 15 is 0 Å².